The van der Waals surface area contributed by atoms with E-state index >= 15 is 0 Å². The highest BCUT2D eigenvalue weighted by Crippen LogP contribution is 2.26. The maximum Gasteiger partial charge on any atom is 0.239 e. The SMILES string of the molecule is OCCCN1CCN(c2cc(N3CCOCC3)nc(-n3c(CO)nc4ccccc43)n2)CC1. The van der Waals surface area contributed by atoms with Crippen LogP contribution in [0.1, 0.15) is 12.2 Å². The first-order chi connectivity index (χ1) is 16.3. The lowest BCUT2D eigenvalue weighted by Gasteiger charge is -2.36. The van der Waals surface area contributed by atoms with Crippen molar-refractivity contribution in [3.05, 3.63) is 36.2 Å². The van der Waals surface area contributed by atoms with Crippen molar-refractivity contribution < 1.29 is 14.9 Å². The lowest BCUT2D eigenvalue weighted by Crippen LogP contribution is -2.47. The number of ether oxygens (including phenoxy) is 1. The van der Waals surface area contributed by atoms with Crippen LogP contribution >= 0.6 is 0 Å². The van der Waals surface area contributed by atoms with E-state index in [1.165, 1.54) is 0 Å². The van der Waals surface area contributed by atoms with Crippen LogP contribution in [0.5, 0.6) is 0 Å². The third kappa shape index (κ3) is 4.65. The molecule has 2 N–H and O–H groups in total. The van der Waals surface area contributed by atoms with Gasteiger partial charge in [0.2, 0.25) is 5.95 Å². The summed E-state index contributed by atoms with van der Waals surface area (Å²) in [7, 11) is 0. The first kappa shape index (κ1) is 22.0. The van der Waals surface area contributed by atoms with Crippen molar-refractivity contribution in [1.29, 1.82) is 0 Å². The van der Waals surface area contributed by atoms with Crippen LogP contribution in [0.2, 0.25) is 0 Å². The van der Waals surface area contributed by atoms with Crippen LogP contribution in [-0.2, 0) is 11.3 Å². The van der Waals surface area contributed by atoms with E-state index in [0.29, 0.717) is 25.0 Å². The number of benzene rings is 1. The predicted molar refractivity (Wildman–Crippen MR) is 126 cm³/mol. The Bertz CT molecular complexity index is 1080. The number of aromatic nitrogens is 4. The number of fused-ring (bicyclic) bond motifs is 1. The lowest BCUT2D eigenvalue weighted by molar-refractivity contribution is 0.122. The van der Waals surface area contributed by atoms with Crippen molar-refractivity contribution in [2.75, 3.05) is 75.4 Å². The molecule has 0 aliphatic carbocycles. The largest absolute Gasteiger partial charge is 0.396 e. The molecule has 3 aromatic rings. The first-order valence-electron chi connectivity index (χ1n) is 11.6. The molecule has 0 amide bonds. The molecule has 2 saturated heterocycles. The lowest BCUT2D eigenvalue weighted by atomic mass is 10.3. The van der Waals surface area contributed by atoms with Gasteiger partial charge in [-0.25, -0.2) is 4.98 Å². The number of imidazole rings is 1. The van der Waals surface area contributed by atoms with Crippen LogP contribution in [0.15, 0.2) is 30.3 Å². The number of hydrogen-bond donors (Lipinski definition) is 2. The fourth-order valence-electron chi connectivity index (χ4n) is 4.53. The highest BCUT2D eigenvalue weighted by atomic mass is 16.5. The van der Waals surface area contributed by atoms with Gasteiger partial charge in [0.15, 0.2) is 0 Å². The standard InChI is InChI=1S/C23H31N7O3/c31-13-3-6-27-7-9-28(10-8-27)20-16-21(29-11-14-33-15-12-29)26-23(25-20)30-19-5-2-1-4-18(19)24-22(30)17-32/h1-2,4-5,16,31-32H,3,6-15,17H2. The summed E-state index contributed by atoms with van der Waals surface area (Å²) in [5, 5.41) is 19.1. The highest BCUT2D eigenvalue weighted by molar-refractivity contribution is 5.77. The van der Waals surface area contributed by atoms with Crippen LogP contribution in [0.25, 0.3) is 17.0 Å². The molecule has 33 heavy (non-hydrogen) atoms. The number of aliphatic hydroxyl groups is 2. The van der Waals surface area contributed by atoms with Crippen LogP contribution in [0.4, 0.5) is 11.6 Å². The quantitative estimate of drug-likeness (QED) is 0.534. The minimum Gasteiger partial charge on any atom is -0.396 e. The molecule has 1 aromatic carbocycles. The third-order valence-electron chi connectivity index (χ3n) is 6.32. The fraction of sp³-hybridized carbons (Fsp3) is 0.522. The van der Waals surface area contributed by atoms with Gasteiger partial charge in [-0.1, -0.05) is 12.1 Å². The Balaban J connectivity index is 1.52. The Morgan fingerprint density at radius 3 is 2.24 bits per heavy atom. The van der Waals surface area contributed by atoms with Gasteiger partial charge in [0.25, 0.3) is 0 Å². The summed E-state index contributed by atoms with van der Waals surface area (Å²) in [4.78, 5) is 21.4. The van der Waals surface area contributed by atoms with E-state index in [0.717, 1.165) is 74.9 Å². The molecule has 0 saturated carbocycles. The number of hydrogen-bond acceptors (Lipinski definition) is 9. The summed E-state index contributed by atoms with van der Waals surface area (Å²) in [6, 6.07) is 9.87. The average molecular weight is 454 g/mol. The highest BCUT2D eigenvalue weighted by Gasteiger charge is 2.23. The summed E-state index contributed by atoms with van der Waals surface area (Å²) in [5.74, 6) is 2.79. The summed E-state index contributed by atoms with van der Waals surface area (Å²) in [5.41, 5.74) is 1.68. The van der Waals surface area contributed by atoms with Crippen LogP contribution in [0, 0.1) is 0 Å². The van der Waals surface area contributed by atoms with Crippen molar-refractivity contribution in [2.45, 2.75) is 13.0 Å². The zero-order valence-electron chi connectivity index (χ0n) is 18.8. The normalized spacial score (nSPS) is 17.8. The van der Waals surface area contributed by atoms with Gasteiger partial charge in [-0.2, -0.15) is 9.97 Å². The summed E-state index contributed by atoms with van der Waals surface area (Å²) < 4.78 is 7.40. The number of aliphatic hydroxyl groups excluding tert-OH is 2. The molecule has 0 unspecified atom stereocenters. The van der Waals surface area contributed by atoms with E-state index in [-0.39, 0.29) is 13.2 Å². The molecule has 0 radical (unpaired) electrons. The zero-order valence-corrected chi connectivity index (χ0v) is 18.8. The summed E-state index contributed by atoms with van der Waals surface area (Å²) in [6.07, 6.45) is 0.802. The van der Waals surface area contributed by atoms with E-state index in [2.05, 4.69) is 25.8 Å². The first-order valence-corrected chi connectivity index (χ1v) is 11.6. The summed E-state index contributed by atoms with van der Waals surface area (Å²) >= 11 is 0. The molecule has 10 heteroatoms. The molecule has 5 rings (SSSR count). The van der Waals surface area contributed by atoms with Gasteiger partial charge in [0.05, 0.1) is 24.2 Å². The number of nitrogens with zero attached hydrogens (tertiary/aromatic N) is 7. The topological polar surface area (TPSA) is 103 Å². The molecule has 0 spiro atoms. The van der Waals surface area contributed by atoms with Gasteiger partial charge >= 0.3 is 0 Å². The molecule has 0 atom stereocenters. The molecule has 2 fully saturated rings. The maximum absolute atomic E-state index is 10.0. The smallest absolute Gasteiger partial charge is 0.239 e. The van der Waals surface area contributed by atoms with Gasteiger partial charge in [-0.15, -0.1) is 0 Å². The Morgan fingerprint density at radius 1 is 0.848 bits per heavy atom. The fourth-order valence-corrected chi connectivity index (χ4v) is 4.53. The van der Waals surface area contributed by atoms with E-state index in [4.69, 9.17) is 19.8 Å². The van der Waals surface area contributed by atoms with Crippen molar-refractivity contribution in [3.63, 3.8) is 0 Å². The molecule has 10 nitrogen and oxygen atoms in total. The van der Waals surface area contributed by atoms with Crippen LogP contribution in [0.3, 0.4) is 0 Å². The minimum absolute atomic E-state index is 0.196. The van der Waals surface area contributed by atoms with Gasteiger partial charge in [-0.05, 0) is 18.6 Å². The minimum atomic E-state index is -0.196. The summed E-state index contributed by atoms with van der Waals surface area (Å²) in [6.45, 7) is 7.45. The number of piperazine rings is 1. The van der Waals surface area contributed by atoms with E-state index in [1.807, 2.05) is 28.8 Å². The molecular formula is C23H31N7O3. The number of anilines is 2. The van der Waals surface area contributed by atoms with Crippen LogP contribution < -0.4 is 9.80 Å². The number of morpholine rings is 1. The van der Waals surface area contributed by atoms with Gasteiger partial charge in [0, 0.05) is 58.5 Å². The number of rotatable bonds is 7. The van der Waals surface area contributed by atoms with E-state index < -0.39 is 0 Å². The van der Waals surface area contributed by atoms with Crippen molar-refractivity contribution >= 4 is 22.7 Å². The predicted octanol–water partition coefficient (Wildman–Crippen LogP) is 0.649. The van der Waals surface area contributed by atoms with Crippen molar-refractivity contribution in [2.24, 2.45) is 0 Å². The average Bonchev–Trinajstić information content (AvgIpc) is 3.27. The monoisotopic (exact) mass is 453 g/mol. The van der Waals surface area contributed by atoms with E-state index in [9.17, 15) is 5.11 Å². The Hall–Kier alpha value is -2.79. The van der Waals surface area contributed by atoms with Gasteiger partial charge in [-0.3, -0.25) is 9.47 Å². The molecule has 2 aliphatic rings. The van der Waals surface area contributed by atoms with Crippen molar-refractivity contribution in [1.82, 2.24) is 24.4 Å². The molecule has 2 aromatic heterocycles. The molecule has 4 heterocycles. The zero-order chi connectivity index (χ0) is 22.6. The Morgan fingerprint density at radius 2 is 1.55 bits per heavy atom. The van der Waals surface area contributed by atoms with E-state index in [1.54, 1.807) is 0 Å². The van der Waals surface area contributed by atoms with Gasteiger partial charge in [0.1, 0.15) is 24.1 Å². The molecule has 2 aliphatic heterocycles. The number of para-hydroxylation sites is 2. The Labute approximate surface area is 193 Å². The third-order valence-corrected chi connectivity index (χ3v) is 6.32. The molecule has 176 valence electrons. The Kier molecular flexibility index (Phi) is 6.68. The maximum atomic E-state index is 10.0. The van der Waals surface area contributed by atoms with Gasteiger partial charge < -0.3 is 24.7 Å². The second-order valence-corrected chi connectivity index (χ2v) is 8.40. The molecule has 0 bridgehead atoms. The second-order valence-electron chi connectivity index (χ2n) is 8.40. The second kappa shape index (κ2) is 10.0. The van der Waals surface area contributed by atoms with Crippen LogP contribution in [-0.4, -0.2) is 100 Å². The van der Waals surface area contributed by atoms with Crippen molar-refractivity contribution in [3.8, 4) is 5.95 Å². The molecular weight excluding hydrogens is 422 g/mol.